The van der Waals surface area contributed by atoms with Gasteiger partial charge in [0.05, 0.1) is 30.5 Å². The minimum absolute atomic E-state index is 0.00887. The second kappa shape index (κ2) is 7.51. The molecular formula is C18H20FN3O2. The molecule has 1 aromatic heterocycles. The van der Waals surface area contributed by atoms with Crippen LogP contribution in [0.3, 0.4) is 0 Å². The first-order valence-corrected chi connectivity index (χ1v) is 7.91. The van der Waals surface area contributed by atoms with Crippen molar-refractivity contribution >= 4 is 5.91 Å². The van der Waals surface area contributed by atoms with Crippen molar-refractivity contribution in [2.45, 2.75) is 12.1 Å². The lowest BCUT2D eigenvalue weighted by Gasteiger charge is -2.39. The lowest BCUT2D eigenvalue weighted by atomic mass is 9.98. The van der Waals surface area contributed by atoms with Gasteiger partial charge in [0.1, 0.15) is 0 Å². The fourth-order valence-electron chi connectivity index (χ4n) is 3.00. The number of nitrogens with zero attached hydrogens (tertiary/aromatic N) is 2. The van der Waals surface area contributed by atoms with Crippen molar-refractivity contribution in [2.75, 3.05) is 26.7 Å². The lowest BCUT2D eigenvalue weighted by Crippen LogP contribution is -2.48. The van der Waals surface area contributed by atoms with Crippen LogP contribution in [0.2, 0.25) is 0 Å². The molecular weight excluding hydrogens is 309 g/mol. The number of aromatic nitrogens is 1. The SMILES string of the molecule is CN1CCO[C@@H](CNC(=O)c2ccncc2F)[C@@H]1c1ccccc1. The van der Waals surface area contributed by atoms with Gasteiger partial charge in [-0.2, -0.15) is 0 Å². The zero-order chi connectivity index (χ0) is 16.9. The lowest BCUT2D eigenvalue weighted by molar-refractivity contribution is -0.0605. The standard InChI is InChI=1S/C18H20FN3O2/c1-22-9-10-24-16(17(22)13-5-3-2-4-6-13)12-21-18(23)14-7-8-20-11-15(14)19/h2-8,11,16-17H,9-10,12H2,1H3,(H,21,23)/t16-,17-/m0/s1. The average molecular weight is 329 g/mol. The van der Waals surface area contributed by atoms with E-state index >= 15 is 0 Å². The van der Waals surface area contributed by atoms with E-state index in [1.807, 2.05) is 37.4 Å². The fourth-order valence-corrected chi connectivity index (χ4v) is 3.00. The van der Waals surface area contributed by atoms with Crippen LogP contribution in [-0.4, -0.2) is 48.6 Å². The van der Waals surface area contributed by atoms with E-state index in [1.165, 1.54) is 12.3 Å². The maximum Gasteiger partial charge on any atom is 0.254 e. The molecule has 2 aromatic rings. The van der Waals surface area contributed by atoms with Crippen LogP contribution in [0.1, 0.15) is 22.0 Å². The van der Waals surface area contributed by atoms with Gasteiger partial charge in [-0.3, -0.25) is 14.7 Å². The monoisotopic (exact) mass is 329 g/mol. The first-order valence-electron chi connectivity index (χ1n) is 7.91. The summed E-state index contributed by atoms with van der Waals surface area (Å²) in [5.41, 5.74) is 1.12. The number of rotatable bonds is 4. The molecule has 0 bridgehead atoms. The number of ether oxygens (including phenoxy) is 1. The van der Waals surface area contributed by atoms with Crippen LogP contribution >= 0.6 is 0 Å². The number of nitrogens with one attached hydrogen (secondary N) is 1. The van der Waals surface area contributed by atoms with Gasteiger partial charge >= 0.3 is 0 Å². The summed E-state index contributed by atoms with van der Waals surface area (Å²) in [6, 6.07) is 11.5. The molecule has 6 heteroatoms. The van der Waals surface area contributed by atoms with Crippen LogP contribution in [-0.2, 0) is 4.74 Å². The first-order chi connectivity index (χ1) is 11.7. The molecule has 0 radical (unpaired) electrons. The van der Waals surface area contributed by atoms with Crippen molar-refractivity contribution in [3.63, 3.8) is 0 Å². The summed E-state index contributed by atoms with van der Waals surface area (Å²) in [5.74, 6) is -1.09. The molecule has 1 aliphatic heterocycles. The largest absolute Gasteiger partial charge is 0.373 e. The highest BCUT2D eigenvalue weighted by Gasteiger charge is 2.31. The van der Waals surface area contributed by atoms with Gasteiger partial charge in [-0.05, 0) is 18.7 Å². The Morgan fingerprint density at radius 2 is 2.17 bits per heavy atom. The highest BCUT2D eigenvalue weighted by atomic mass is 19.1. The van der Waals surface area contributed by atoms with Crippen LogP contribution in [0, 0.1) is 5.82 Å². The van der Waals surface area contributed by atoms with E-state index in [9.17, 15) is 9.18 Å². The summed E-state index contributed by atoms with van der Waals surface area (Å²) in [7, 11) is 2.04. The summed E-state index contributed by atoms with van der Waals surface area (Å²) in [6.07, 6.45) is 2.24. The van der Waals surface area contributed by atoms with Gasteiger partial charge in [0.15, 0.2) is 5.82 Å². The molecule has 1 aliphatic rings. The van der Waals surface area contributed by atoms with Gasteiger partial charge in [0, 0.05) is 19.3 Å². The van der Waals surface area contributed by atoms with Crippen LogP contribution in [0.25, 0.3) is 0 Å². The molecule has 126 valence electrons. The van der Waals surface area contributed by atoms with Gasteiger partial charge in [-0.25, -0.2) is 4.39 Å². The van der Waals surface area contributed by atoms with Crippen LogP contribution in [0.4, 0.5) is 4.39 Å². The van der Waals surface area contributed by atoms with Gasteiger partial charge in [0.25, 0.3) is 5.91 Å². The highest BCUT2D eigenvalue weighted by Crippen LogP contribution is 2.27. The molecule has 0 unspecified atom stereocenters. The van der Waals surface area contributed by atoms with Gasteiger partial charge in [-0.1, -0.05) is 30.3 Å². The van der Waals surface area contributed by atoms with Gasteiger partial charge in [0.2, 0.25) is 0 Å². The zero-order valence-electron chi connectivity index (χ0n) is 13.5. The second-order valence-corrected chi connectivity index (χ2v) is 5.81. The molecule has 2 atom stereocenters. The summed E-state index contributed by atoms with van der Waals surface area (Å²) in [4.78, 5) is 18.0. The number of pyridine rings is 1. The number of hydrogen-bond acceptors (Lipinski definition) is 4. The van der Waals surface area contributed by atoms with Gasteiger partial charge < -0.3 is 10.1 Å². The molecule has 1 saturated heterocycles. The van der Waals surface area contributed by atoms with Crippen molar-refractivity contribution in [3.05, 3.63) is 65.7 Å². The molecule has 1 aromatic carbocycles. The maximum atomic E-state index is 13.6. The molecule has 1 N–H and O–H groups in total. The number of carbonyl (C=O) groups excluding carboxylic acids is 1. The third-order valence-electron chi connectivity index (χ3n) is 4.22. The van der Waals surface area contributed by atoms with E-state index in [0.717, 1.165) is 18.3 Å². The Morgan fingerprint density at radius 1 is 1.38 bits per heavy atom. The molecule has 3 rings (SSSR count). The van der Waals surface area contributed by atoms with E-state index in [4.69, 9.17) is 4.74 Å². The quantitative estimate of drug-likeness (QED) is 0.932. The number of benzene rings is 1. The zero-order valence-corrected chi connectivity index (χ0v) is 13.5. The van der Waals surface area contributed by atoms with Crippen LogP contribution in [0.15, 0.2) is 48.8 Å². The minimum Gasteiger partial charge on any atom is -0.373 e. The summed E-state index contributed by atoms with van der Waals surface area (Å²) in [6.45, 7) is 1.73. The second-order valence-electron chi connectivity index (χ2n) is 5.81. The Morgan fingerprint density at radius 3 is 2.92 bits per heavy atom. The topological polar surface area (TPSA) is 54.5 Å². The predicted molar refractivity (Wildman–Crippen MR) is 88.1 cm³/mol. The Kier molecular flexibility index (Phi) is 5.17. The Hall–Kier alpha value is -2.31. The normalized spacial score (nSPS) is 21.4. The molecule has 2 heterocycles. The number of carbonyl (C=O) groups is 1. The van der Waals surface area contributed by atoms with Crippen molar-refractivity contribution < 1.29 is 13.9 Å². The number of likely N-dealkylation sites (N-methyl/N-ethyl adjacent to an activating group) is 1. The Balaban J connectivity index is 1.71. The van der Waals surface area contributed by atoms with Crippen LogP contribution in [0.5, 0.6) is 0 Å². The van der Waals surface area contributed by atoms with Crippen molar-refractivity contribution in [1.29, 1.82) is 0 Å². The molecule has 5 nitrogen and oxygen atoms in total. The fraction of sp³-hybridized carbons (Fsp3) is 0.333. The predicted octanol–water partition coefficient (Wildman–Crippen LogP) is 2.02. The highest BCUT2D eigenvalue weighted by molar-refractivity contribution is 5.94. The summed E-state index contributed by atoms with van der Waals surface area (Å²) < 4.78 is 19.5. The van der Waals surface area contributed by atoms with Crippen LogP contribution < -0.4 is 5.32 Å². The van der Waals surface area contributed by atoms with E-state index in [0.29, 0.717) is 13.2 Å². The third-order valence-corrected chi connectivity index (χ3v) is 4.22. The molecule has 0 aliphatic carbocycles. The smallest absolute Gasteiger partial charge is 0.254 e. The molecule has 0 spiro atoms. The Bertz CT molecular complexity index is 696. The number of morpholine rings is 1. The summed E-state index contributed by atoms with van der Waals surface area (Å²) in [5, 5.41) is 2.77. The third kappa shape index (κ3) is 3.60. The van der Waals surface area contributed by atoms with Gasteiger partial charge in [-0.15, -0.1) is 0 Å². The summed E-state index contributed by atoms with van der Waals surface area (Å²) >= 11 is 0. The first kappa shape index (κ1) is 16.5. The minimum atomic E-state index is -0.628. The Labute approximate surface area is 140 Å². The average Bonchev–Trinajstić information content (AvgIpc) is 2.61. The van der Waals surface area contributed by atoms with Crippen molar-refractivity contribution in [3.8, 4) is 0 Å². The number of halogens is 1. The maximum absolute atomic E-state index is 13.6. The van der Waals surface area contributed by atoms with E-state index in [1.54, 1.807) is 0 Å². The van der Waals surface area contributed by atoms with E-state index in [2.05, 4.69) is 15.2 Å². The van der Waals surface area contributed by atoms with E-state index in [-0.39, 0.29) is 17.7 Å². The van der Waals surface area contributed by atoms with Crippen molar-refractivity contribution in [1.82, 2.24) is 15.2 Å². The number of amides is 1. The molecule has 1 fully saturated rings. The van der Waals surface area contributed by atoms with E-state index < -0.39 is 11.7 Å². The molecule has 0 saturated carbocycles. The van der Waals surface area contributed by atoms with Crippen molar-refractivity contribution in [2.24, 2.45) is 0 Å². The number of hydrogen-bond donors (Lipinski definition) is 1. The molecule has 24 heavy (non-hydrogen) atoms. The molecule has 1 amide bonds.